The first-order valence-electron chi connectivity index (χ1n) is 5.07. The molecule has 2 atom stereocenters. The first-order chi connectivity index (χ1) is 6.79. The molecular weight excluding hydrogens is 198 g/mol. The monoisotopic (exact) mass is 217 g/mol. The first-order valence-corrected chi connectivity index (χ1v) is 5.07. The fourth-order valence-corrected chi connectivity index (χ4v) is 1.27. The van der Waals surface area contributed by atoms with E-state index in [0.717, 1.165) is 0 Å². The van der Waals surface area contributed by atoms with Crippen LogP contribution in [0.4, 0.5) is 0 Å². The number of ether oxygens (including phenoxy) is 2. The van der Waals surface area contributed by atoms with Crippen molar-refractivity contribution in [2.75, 3.05) is 13.2 Å². The largest absolute Gasteiger partial charge is 0.456 e. The van der Waals surface area contributed by atoms with Gasteiger partial charge in [0.2, 0.25) is 5.79 Å². The van der Waals surface area contributed by atoms with Crippen LogP contribution in [0.5, 0.6) is 0 Å². The molecule has 0 aliphatic carbocycles. The zero-order valence-electron chi connectivity index (χ0n) is 9.45. The van der Waals surface area contributed by atoms with Gasteiger partial charge in [0.05, 0.1) is 12.0 Å². The van der Waals surface area contributed by atoms with E-state index in [9.17, 15) is 9.90 Å². The highest BCUT2D eigenvalue weighted by molar-refractivity contribution is 5.76. The van der Waals surface area contributed by atoms with Gasteiger partial charge in [-0.2, -0.15) is 0 Å². The van der Waals surface area contributed by atoms with Crippen molar-refractivity contribution in [3.63, 3.8) is 0 Å². The lowest BCUT2D eigenvalue weighted by Crippen LogP contribution is -2.43. The van der Waals surface area contributed by atoms with Crippen LogP contribution >= 0.6 is 0 Å². The molecule has 15 heavy (non-hydrogen) atoms. The molecule has 5 heteroatoms. The Hall–Kier alpha value is -0.650. The Balaban J connectivity index is 2.59. The summed E-state index contributed by atoms with van der Waals surface area (Å²) in [5, 5.41) is 9.71. The van der Waals surface area contributed by atoms with Gasteiger partial charge < -0.3 is 20.3 Å². The van der Waals surface area contributed by atoms with E-state index in [4.69, 9.17) is 15.2 Å². The maximum absolute atomic E-state index is 11.7. The summed E-state index contributed by atoms with van der Waals surface area (Å²) in [7, 11) is 0. The lowest BCUT2D eigenvalue weighted by atomic mass is 9.94. The lowest BCUT2D eigenvalue weighted by Gasteiger charge is -2.28. The van der Waals surface area contributed by atoms with Gasteiger partial charge in [-0.1, -0.05) is 0 Å². The van der Waals surface area contributed by atoms with Gasteiger partial charge in [-0.15, -0.1) is 0 Å². The number of rotatable bonds is 3. The van der Waals surface area contributed by atoms with Crippen molar-refractivity contribution in [2.45, 2.75) is 39.1 Å². The zero-order valence-corrected chi connectivity index (χ0v) is 9.45. The molecule has 0 saturated carbocycles. The van der Waals surface area contributed by atoms with Crippen LogP contribution in [0.2, 0.25) is 0 Å². The highest BCUT2D eigenvalue weighted by Gasteiger charge is 2.43. The molecule has 3 N–H and O–H groups in total. The van der Waals surface area contributed by atoms with E-state index < -0.39 is 23.3 Å². The van der Waals surface area contributed by atoms with Gasteiger partial charge in [0, 0.05) is 13.0 Å². The van der Waals surface area contributed by atoms with E-state index in [0.29, 0.717) is 13.0 Å². The number of esters is 1. The van der Waals surface area contributed by atoms with Crippen LogP contribution < -0.4 is 5.73 Å². The minimum atomic E-state index is -1.37. The minimum absolute atomic E-state index is 0.210. The second kappa shape index (κ2) is 4.08. The zero-order chi connectivity index (χ0) is 11.7. The van der Waals surface area contributed by atoms with Crippen molar-refractivity contribution in [3.8, 4) is 0 Å². The molecule has 0 amide bonds. The van der Waals surface area contributed by atoms with Crippen molar-refractivity contribution in [3.05, 3.63) is 0 Å². The molecule has 1 aliphatic rings. The molecule has 88 valence electrons. The van der Waals surface area contributed by atoms with Crippen molar-refractivity contribution in [2.24, 2.45) is 11.1 Å². The minimum Gasteiger partial charge on any atom is -0.456 e. The first kappa shape index (κ1) is 12.4. The molecule has 1 unspecified atom stereocenters. The Morgan fingerprint density at radius 3 is 2.73 bits per heavy atom. The van der Waals surface area contributed by atoms with Gasteiger partial charge in [-0.05, 0) is 20.8 Å². The number of hydrogen-bond acceptors (Lipinski definition) is 5. The Morgan fingerprint density at radius 2 is 2.33 bits per heavy atom. The molecular formula is C10H19NO4. The number of aliphatic hydroxyl groups is 1. The summed E-state index contributed by atoms with van der Waals surface area (Å²) >= 11 is 0. The van der Waals surface area contributed by atoms with Gasteiger partial charge in [-0.25, -0.2) is 0 Å². The molecule has 0 aromatic carbocycles. The number of hydrogen-bond donors (Lipinski definition) is 2. The third-order valence-corrected chi connectivity index (χ3v) is 2.68. The summed E-state index contributed by atoms with van der Waals surface area (Å²) in [5.74, 6) is -1.78. The van der Waals surface area contributed by atoms with E-state index in [1.165, 1.54) is 6.92 Å². The fourth-order valence-electron chi connectivity index (χ4n) is 1.27. The Labute approximate surface area is 89.5 Å². The molecule has 5 nitrogen and oxygen atoms in total. The molecule has 0 bridgehead atoms. The molecule has 0 aromatic rings. The third-order valence-electron chi connectivity index (χ3n) is 2.68. The molecule has 0 radical (unpaired) electrons. The number of carbonyl (C=O) groups excluding carboxylic acids is 1. The van der Waals surface area contributed by atoms with Crippen LogP contribution in [-0.2, 0) is 14.3 Å². The standard InChI is InChI=1S/C10H19NO4/c1-9(2,6-11)8(12)15-7-4-5-14-10(7,3)13/h7,13H,4-6,11H2,1-3H3/t7?,10-/m0/s1. The normalized spacial score (nSPS) is 31.7. The predicted molar refractivity (Wildman–Crippen MR) is 53.9 cm³/mol. The van der Waals surface area contributed by atoms with Gasteiger partial charge in [0.25, 0.3) is 0 Å². The van der Waals surface area contributed by atoms with Gasteiger partial charge in [0.1, 0.15) is 0 Å². The highest BCUT2D eigenvalue weighted by Crippen LogP contribution is 2.28. The van der Waals surface area contributed by atoms with Crippen molar-refractivity contribution in [1.82, 2.24) is 0 Å². The van der Waals surface area contributed by atoms with Crippen LogP contribution in [0, 0.1) is 5.41 Å². The highest BCUT2D eigenvalue weighted by atomic mass is 16.7. The molecule has 1 saturated heterocycles. The van der Waals surface area contributed by atoms with Crippen LogP contribution in [0.1, 0.15) is 27.2 Å². The maximum atomic E-state index is 11.7. The molecule has 1 rings (SSSR count). The van der Waals surface area contributed by atoms with E-state index in [1.807, 2.05) is 0 Å². The Kier molecular flexibility index (Phi) is 3.38. The van der Waals surface area contributed by atoms with Crippen LogP contribution in [-0.4, -0.2) is 36.1 Å². The Bertz CT molecular complexity index is 250. The molecule has 0 aromatic heterocycles. The summed E-state index contributed by atoms with van der Waals surface area (Å²) in [5.41, 5.74) is 4.73. The van der Waals surface area contributed by atoms with Crippen LogP contribution in [0.3, 0.4) is 0 Å². The fraction of sp³-hybridized carbons (Fsp3) is 0.900. The summed E-state index contributed by atoms with van der Waals surface area (Å²) in [4.78, 5) is 11.7. The summed E-state index contributed by atoms with van der Waals surface area (Å²) < 4.78 is 10.2. The van der Waals surface area contributed by atoms with E-state index in [1.54, 1.807) is 13.8 Å². The van der Waals surface area contributed by atoms with E-state index in [-0.39, 0.29) is 6.54 Å². The van der Waals surface area contributed by atoms with Crippen LogP contribution in [0.25, 0.3) is 0 Å². The van der Waals surface area contributed by atoms with Gasteiger partial charge in [-0.3, -0.25) is 4.79 Å². The lowest BCUT2D eigenvalue weighted by molar-refractivity contribution is -0.217. The molecule has 1 fully saturated rings. The average molecular weight is 217 g/mol. The van der Waals surface area contributed by atoms with Crippen molar-refractivity contribution < 1.29 is 19.4 Å². The second-order valence-corrected chi connectivity index (χ2v) is 4.67. The number of nitrogens with two attached hydrogens (primary N) is 1. The molecule has 0 spiro atoms. The second-order valence-electron chi connectivity index (χ2n) is 4.67. The van der Waals surface area contributed by atoms with E-state index >= 15 is 0 Å². The van der Waals surface area contributed by atoms with Crippen molar-refractivity contribution >= 4 is 5.97 Å². The topological polar surface area (TPSA) is 81.8 Å². The maximum Gasteiger partial charge on any atom is 0.313 e. The van der Waals surface area contributed by atoms with Gasteiger partial charge >= 0.3 is 5.97 Å². The average Bonchev–Trinajstić information content (AvgIpc) is 2.46. The molecule has 1 heterocycles. The van der Waals surface area contributed by atoms with Gasteiger partial charge in [0.15, 0.2) is 6.10 Å². The van der Waals surface area contributed by atoms with E-state index in [2.05, 4.69) is 0 Å². The smallest absolute Gasteiger partial charge is 0.313 e. The summed E-state index contributed by atoms with van der Waals surface area (Å²) in [6.07, 6.45) is -0.0878. The number of carbonyl (C=O) groups is 1. The van der Waals surface area contributed by atoms with Crippen LogP contribution in [0.15, 0.2) is 0 Å². The Morgan fingerprint density at radius 1 is 1.73 bits per heavy atom. The predicted octanol–water partition coefficient (Wildman–Crippen LogP) is 0.0119. The quantitative estimate of drug-likeness (QED) is 0.651. The van der Waals surface area contributed by atoms with Crippen molar-refractivity contribution in [1.29, 1.82) is 0 Å². The summed E-state index contributed by atoms with van der Waals surface area (Å²) in [6, 6.07) is 0. The summed E-state index contributed by atoms with van der Waals surface area (Å²) in [6.45, 7) is 5.52. The SMILES string of the molecule is CC(C)(CN)C(=O)OC1CCO[C@]1(C)O. The third kappa shape index (κ3) is 2.68. The molecule has 1 aliphatic heterocycles.